The quantitative estimate of drug-likeness (QED) is 0.588. The number of rotatable bonds is 7. The van der Waals surface area contributed by atoms with E-state index in [4.69, 9.17) is 0 Å². The smallest absolute Gasteiger partial charge is 0.222 e. The molecular weight excluding hydrogens is 178 g/mol. The predicted molar refractivity (Wildman–Crippen MR) is 57.1 cm³/mol. The van der Waals surface area contributed by atoms with Gasteiger partial charge in [0.05, 0.1) is 0 Å². The van der Waals surface area contributed by atoms with E-state index in [0.717, 1.165) is 25.9 Å². The zero-order valence-corrected chi connectivity index (χ0v) is 9.51. The molecule has 0 saturated heterocycles. The Kier molecular flexibility index (Phi) is 7.07. The molecule has 0 bridgehead atoms. The Hall–Kier alpha value is -0.860. The Morgan fingerprint density at radius 1 is 1.00 bits per heavy atom. The Morgan fingerprint density at radius 3 is 1.93 bits per heavy atom. The van der Waals surface area contributed by atoms with E-state index in [1.807, 2.05) is 18.7 Å². The second-order valence-electron chi connectivity index (χ2n) is 3.48. The minimum atomic E-state index is 0.207. The number of hydrogen-bond acceptors (Lipinski definition) is 2. The molecule has 0 aliphatic heterocycles. The van der Waals surface area contributed by atoms with E-state index >= 15 is 0 Å². The van der Waals surface area contributed by atoms with Crippen LogP contribution in [-0.2, 0) is 9.59 Å². The molecule has 3 heteroatoms. The van der Waals surface area contributed by atoms with Crippen LogP contribution in [0.15, 0.2) is 0 Å². The van der Waals surface area contributed by atoms with E-state index in [1.165, 1.54) is 0 Å². The molecule has 0 aromatic heterocycles. The summed E-state index contributed by atoms with van der Waals surface area (Å²) in [6.07, 6.45) is 2.84. The minimum absolute atomic E-state index is 0.207. The van der Waals surface area contributed by atoms with E-state index in [2.05, 4.69) is 0 Å². The number of nitrogens with zero attached hydrogens (tertiary/aromatic N) is 1. The van der Waals surface area contributed by atoms with Crippen molar-refractivity contribution in [1.82, 2.24) is 4.90 Å². The van der Waals surface area contributed by atoms with Crippen molar-refractivity contribution in [3.63, 3.8) is 0 Å². The molecule has 0 aliphatic carbocycles. The summed E-state index contributed by atoms with van der Waals surface area (Å²) in [5.41, 5.74) is 0. The standard InChI is InChI=1S/C11H21NO2/c1-4-12(5-2)11(14)9-7-6-8-10(3)13/h4-9H2,1-3H3. The molecule has 0 rings (SSSR count). The van der Waals surface area contributed by atoms with E-state index in [0.29, 0.717) is 12.8 Å². The molecule has 3 nitrogen and oxygen atoms in total. The van der Waals surface area contributed by atoms with Crippen molar-refractivity contribution >= 4 is 11.7 Å². The molecule has 82 valence electrons. The zero-order chi connectivity index (χ0) is 11.0. The first kappa shape index (κ1) is 13.1. The molecule has 0 atom stereocenters. The average Bonchev–Trinajstić information content (AvgIpc) is 2.14. The number of unbranched alkanes of at least 4 members (excludes halogenated alkanes) is 1. The van der Waals surface area contributed by atoms with Crippen LogP contribution in [0.1, 0.15) is 46.5 Å². The summed E-state index contributed by atoms with van der Waals surface area (Å²) in [6.45, 7) is 7.12. The van der Waals surface area contributed by atoms with Crippen LogP contribution >= 0.6 is 0 Å². The van der Waals surface area contributed by atoms with Gasteiger partial charge < -0.3 is 9.69 Å². The second kappa shape index (κ2) is 7.54. The van der Waals surface area contributed by atoms with Crippen molar-refractivity contribution in [2.45, 2.75) is 46.5 Å². The lowest BCUT2D eigenvalue weighted by Crippen LogP contribution is -2.30. The van der Waals surface area contributed by atoms with E-state index in [1.54, 1.807) is 6.92 Å². The average molecular weight is 199 g/mol. The number of Topliss-reactive ketones (excluding diaryl/α,β-unsaturated/α-hetero) is 1. The molecule has 1 amide bonds. The molecule has 0 aliphatic rings. The maximum atomic E-state index is 11.5. The predicted octanol–water partition coefficient (Wildman–Crippen LogP) is 2.00. The van der Waals surface area contributed by atoms with Crippen molar-refractivity contribution in [1.29, 1.82) is 0 Å². The minimum Gasteiger partial charge on any atom is -0.343 e. The van der Waals surface area contributed by atoms with Gasteiger partial charge in [0.25, 0.3) is 0 Å². The third-order valence-corrected chi connectivity index (χ3v) is 2.29. The molecule has 0 radical (unpaired) electrons. The van der Waals surface area contributed by atoms with Crippen LogP contribution < -0.4 is 0 Å². The van der Waals surface area contributed by atoms with E-state index < -0.39 is 0 Å². The summed E-state index contributed by atoms with van der Waals surface area (Å²) >= 11 is 0. The van der Waals surface area contributed by atoms with Gasteiger partial charge in [-0.1, -0.05) is 0 Å². The molecule has 0 fully saturated rings. The fraction of sp³-hybridized carbons (Fsp3) is 0.818. The van der Waals surface area contributed by atoms with Crippen LogP contribution in [-0.4, -0.2) is 29.7 Å². The normalized spacial score (nSPS) is 9.93. The Labute approximate surface area is 86.5 Å². The topological polar surface area (TPSA) is 37.4 Å². The molecule has 0 saturated carbocycles. The summed E-state index contributed by atoms with van der Waals surface area (Å²) in [4.78, 5) is 24.0. The van der Waals surface area contributed by atoms with Crippen molar-refractivity contribution in [3.05, 3.63) is 0 Å². The third kappa shape index (κ3) is 5.73. The van der Waals surface area contributed by atoms with Crippen molar-refractivity contribution in [2.24, 2.45) is 0 Å². The number of hydrogen-bond donors (Lipinski definition) is 0. The molecule has 0 aromatic carbocycles. The van der Waals surface area contributed by atoms with Gasteiger partial charge in [-0.05, 0) is 33.6 Å². The van der Waals surface area contributed by atoms with Gasteiger partial charge in [0.1, 0.15) is 5.78 Å². The first-order valence-corrected chi connectivity index (χ1v) is 5.39. The lowest BCUT2D eigenvalue weighted by molar-refractivity contribution is -0.131. The second-order valence-corrected chi connectivity index (χ2v) is 3.48. The van der Waals surface area contributed by atoms with Crippen molar-refractivity contribution < 1.29 is 9.59 Å². The fourth-order valence-electron chi connectivity index (χ4n) is 1.38. The van der Waals surface area contributed by atoms with Crippen molar-refractivity contribution in [3.8, 4) is 0 Å². The number of ketones is 1. The van der Waals surface area contributed by atoms with Gasteiger partial charge in [-0.3, -0.25) is 4.79 Å². The Morgan fingerprint density at radius 2 is 1.50 bits per heavy atom. The van der Waals surface area contributed by atoms with Crippen LogP contribution in [0.4, 0.5) is 0 Å². The summed E-state index contributed by atoms with van der Waals surface area (Å²) in [6, 6.07) is 0. The summed E-state index contributed by atoms with van der Waals surface area (Å²) in [5, 5.41) is 0. The Balaban J connectivity index is 3.57. The van der Waals surface area contributed by atoms with Crippen LogP contribution in [0.25, 0.3) is 0 Å². The SMILES string of the molecule is CCN(CC)C(=O)CCCCC(C)=O. The Bertz CT molecular complexity index is 186. The van der Waals surface area contributed by atoms with Crippen molar-refractivity contribution in [2.75, 3.05) is 13.1 Å². The largest absolute Gasteiger partial charge is 0.343 e. The maximum Gasteiger partial charge on any atom is 0.222 e. The molecule has 0 unspecified atom stereocenters. The summed E-state index contributed by atoms with van der Waals surface area (Å²) in [7, 11) is 0. The molecule has 0 heterocycles. The van der Waals surface area contributed by atoms with Gasteiger partial charge in [-0.2, -0.15) is 0 Å². The van der Waals surface area contributed by atoms with Gasteiger partial charge in [-0.25, -0.2) is 0 Å². The molecule has 0 aromatic rings. The molecule has 0 N–H and O–H groups in total. The number of amides is 1. The van der Waals surface area contributed by atoms with Crippen LogP contribution in [0, 0.1) is 0 Å². The lowest BCUT2D eigenvalue weighted by atomic mass is 10.1. The molecule has 14 heavy (non-hydrogen) atoms. The van der Waals surface area contributed by atoms with Crippen LogP contribution in [0.5, 0.6) is 0 Å². The van der Waals surface area contributed by atoms with Crippen LogP contribution in [0.3, 0.4) is 0 Å². The van der Waals surface area contributed by atoms with Gasteiger partial charge in [0.2, 0.25) is 5.91 Å². The third-order valence-electron chi connectivity index (χ3n) is 2.29. The highest BCUT2D eigenvalue weighted by atomic mass is 16.2. The highest BCUT2D eigenvalue weighted by molar-refractivity contribution is 5.76. The fourth-order valence-corrected chi connectivity index (χ4v) is 1.38. The van der Waals surface area contributed by atoms with Crippen LogP contribution in [0.2, 0.25) is 0 Å². The highest BCUT2D eigenvalue weighted by Gasteiger charge is 2.08. The van der Waals surface area contributed by atoms with Gasteiger partial charge in [-0.15, -0.1) is 0 Å². The summed E-state index contributed by atoms with van der Waals surface area (Å²) < 4.78 is 0. The summed E-state index contributed by atoms with van der Waals surface area (Å²) in [5.74, 6) is 0.416. The van der Waals surface area contributed by atoms with Gasteiger partial charge >= 0.3 is 0 Å². The highest BCUT2D eigenvalue weighted by Crippen LogP contribution is 2.03. The molecule has 0 spiro atoms. The van der Waals surface area contributed by atoms with Gasteiger partial charge in [0, 0.05) is 25.9 Å². The first-order chi connectivity index (χ1) is 6.61. The van der Waals surface area contributed by atoms with E-state index in [-0.39, 0.29) is 11.7 Å². The van der Waals surface area contributed by atoms with E-state index in [9.17, 15) is 9.59 Å². The lowest BCUT2D eigenvalue weighted by Gasteiger charge is -2.18. The monoisotopic (exact) mass is 199 g/mol. The van der Waals surface area contributed by atoms with Gasteiger partial charge in [0.15, 0.2) is 0 Å². The molecular formula is C11H21NO2. The number of carbonyl (C=O) groups is 2. The first-order valence-electron chi connectivity index (χ1n) is 5.39. The maximum absolute atomic E-state index is 11.5. The zero-order valence-electron chi connectivity index (χ0n) is 9.51. The number of carbonyl (C=O) groups excluding carboxylic acids is 2.